The van der Waals surface area contributed by atoms with Crippen LogP contribution >= 0.6 is 0 Å². The highest BCUT2D eigenvalue weighted by Crippen LogP contribution is 2.63. The zero-order valence-electron chi connectivity index (χ0n) is 19.7. The molecular formula is C24H39N3O5. The standard InChI is InChI=1S/C24H39N3O5/c1-4-13-25-20(29)17-18-22(31)27(16(5-2)14-28)19(24(18)12-11-23(17,3)32-24)21(30)26-15-9-7-6-8-10-15/h15-19,28H,4-14H2,1-3H3,(H,25,29)(H,26,30)/t16-,17+,18-,19?,23-,24?/m0/s1. The Kier molecular flexibility index (Phi) is 6.56. The Morgan fingerprint density at radius 2 is 1.91 bits per heavy atom. The molecule has 3 aliphatic heterocycles. The zero-order valence-corrected chi connectivity index (χ0v) is 19.7. The number of fused-ring (bicyclic) bond motifs is 1. The van der Waals surface area contributed by atoms with Crippen LogP contribution in [0.15, 0.2) is 0 Å². The summed E-state index contributed by atoms with van der Waals surface area (Å²) in [6, 6.07) is -1.18. The number of hydrogen-bond donors (Lipinski definition) is 3. The summed E-state index contributed by atoms with van der Waals surface area (Å²) in [7, 11) is 0. The molecule has 8 nitrogen and oxygen atoms in total. The topological polar surface area (TPSA) is 108 Å². The van der Waals surface area contributed by atoms with E-state index in [1.54, 1.807) is 4.90 Å². The second-order valence-corrected chi connectivity index (χ2v) is 10.4. The number of amides is 3. The van der Waals surface area contributed by atoms with Crippen LogP contribution in [0.4, 0.5) is 0 Å². The highest BCUT2D eigenvalue weighted by molar-refractivity contribution is 5.99. The average Bonchev–Trinajstić information content (AvgIpc) is 3.35. The fraction of sp³-hybridized carbons (Fsp3) is 0.875. The Balaban J connectivity index is 1.70. The predicted molar refractivity (Wildman–Crippen MR) is 119 cm³/mol. The van der Waals surface area contributed by atoms with Crippen molar-refractivity contribution in [2.45, 2.75) is 108 Å². The number of carbonyl (C=O) groups is 3. The molecular weight excluding hydrogens is 410 g/mol. The highest BCUT2D eigenvalue weighted by Gasteiger charge is 2.78. The molecule has 0 aromatic rings. The molecule has 4 fully saturated rings. The third-order valence-corrected chi connectivity index (χ3v) is 8.32. The number of nitrogens with one attached hydrogen (secondary N) is 2. The first-order valence-corrected chi connectivity index (χ1v) is 12.5. The van der Waals surface area contributed by atoms with Gasteiger partial charge in [-0.05, 0) is 45.4 Å². The van der Waals surface area contributed by atoms with Gasteiger partial charge in [0.15, 0.2) is 0 Å². The summed E-state index contributed by atoms with van der Waals surface area (Å²) in [6.45, 7) is 6.13. The predicted octanol–water partition coefficient (Wildman–Crippen LogP) is 1.50. The lowest BCUT2D eigenvalue weighted by Crippen LogP contribution is -2.59. The molecule has 1 aliphatic carbocycles. The minimum atomic E-state index is -1.01. The van der Waals surface area contributed by atoms with E-state index in [0.717, 1.165) is 32.1 Å². The van der Waals surface area contributed by atoms with Gasteiger partial charge in [0.1, 0.15) is 11.6 Å². The normalized spacial score (nSPS) is 37.4. The smallest absolute Gasteiger partial charge is 0.246 e. The summed E-state index contributed by atoms with van der Waals surface area (Å²) in [5, 5.41) is 16.2. The van der Waals surface area contributed by atoms with E-state index in [-0.39, 0.29) is 30.4 Å². The van der Waals surface area contributed by atoms with Crippen molar-refractivity contribution in [1.29, 1.82) is 0 Å². The Bertz CT molecular complexity index is 750. The molecule has 2 unspecified atom stereocenters. The van der Waals surface area contributed by atoms with E-state index in [2.05, 4.69) is 10.6 Å². The monoisotopic (exact) mass is 449 g/mol. The van der Waals surface area contributed by atoms with Crippen molar-refractivity contribution in [2.75, 3.05) is 13.2 Å². The molecule has 3 N–H and O–H groups in total. The molecule has 32 heavy (non-hydrogen) atoms. The molecule has 0 aromatic carbocycles. The van der Waals surface area contributed by atoms with Gasteiger partial charge in [-0.2, -0.15) is 0 Å². The van der Waals surface area contributed by atoms with Gasteiger partial charge >= 0.3 is 0 Å². The number of aliphatic hydroxyl groups is 1. The third-order valence-electron chi connectivity index (χ3n) is 8.32. The van der Waals surface area contributed by atoms with Crippen molar-refractivity contribution in [2.24, 2.45) is 11.8 Å². The molecule has 180 valence electrons. The number of nitrogens with zero attached hydrogens (tertiary/aromatic N) is 1. The first-order chi connectivity index (χ1) is 15.3. The minimum absolute atomic E-state index is 0.107. The number of likely N-dealkylation sites (tertiary alicyclic amines) is 1. The second kappa shape index (κ2) is 8.93. The van der Waals surface area contributed by atoms with E-state index in [1.807, 2.05) is 20.8 Å². The summed E-state index contributed by atoms with van der Waals surface area (Å²) in [5.41, 5.74) is -1.77. The van der Waals surface area contributed by atoms with Gasteiger partial charge in [-0.1, -0.05) is 33.1 Å². The molecule has 3 saturated heterocycles. The summed E-state index contributed by atoms with van der Waals surface area (Å²) in [5.74, 6) is -1.91. The number of carbonyl (C=O) groups excluding carboxylic acids is 3. The quantitative estimate of drug-likeness (QED) is 0.520. The summed E-state index contributed by atoms with van der Waals surface area (Å²) in [6.07, 6.45) is 7.80. The van der Waals surface area contributed by atoms with Gasteiger partial charge in [0.25, 0.3) is 0 Å². The van der Waals surface area contributed by atoms with Gasteiger partial charge in [-0.25, -0.2) is 0 Å². The second-order valence-electron chi connectivity index (χ2n) is 10.4. The van der Waals surface area contributed by atoms with Crippen molar-refractivity contribution in [3.8, 4) is 0 Å². The maximum Gasteiger partial charge on any atom is 0.246 e. The van der Waals surface area contributed by atoms with Crippen molar-refractivity contribution in [3.05, 3.63) is 0 Å². The summed E-state index contributed by atoms with van der Waals surface area (Å²) >= 11 is 0. The summed E-state index contributed by atoms with van der Waals surface area (Å²) < 4.78 is 6.58. The minimum Gasteiger partial charge on any atom is -0.394 e. The molecule has 1 saturated carbocycles. The third kappa shape index (κ3) is 3.54. The van der Waals surface area contributed by atoms with Crippen molar-refractivity contribution < 1.29 is 24.2 Å². The van der Waals surface area contributed by atoms with Gasteiger partial charge in [0.05, 0.1) is 30.1 Å². The molecule has 4 rings (SSSR count). The van der Waals surface area contributed by atoms with Crippen LogP contribution in [0.1, 0.15) is 78.6 Å². The molecule has 1 spiro atoms. The lowest BCUT2D eigenvalue weighted by Gasteiger charge is -2.37. The lowest BCUT2D eigenvalue weighted by atomic mass is 9.66. The zero-order chi connectivity index (χ0) is 23.1. The van der Waals surface area contributed by atoms with E-state index < -0.39 is 35.1 Å². The Labute approximate surface area is 190 Å². The number of hydrogen-bond acceptors (Lipinski definition) is 5. The molecule has 0 aromatic heterocycles. The van der Waals surface area contributed by atoms with Crippen molar-refractivity contribution in [1.82, 2.24) is 15.5 Å². The van der Waals surface area contributed by atoms with Gasteiger partial charge in [-0.15, -0.1) is 0 Å². The Morgan fingerprint density at radius 1 is 1.19 bits per heavy atom. The van der Waals surface area contributed by atoms with E-state index >= 15 is 0 Å². The molecule has 8 heteroatoms. The first kappa shape index (κ1) is 23.5. The maximum atomic E-state index is 13.8. The number of aliphatic hydroxyl groups excluding tert-OH is 1. The molecule has 3 heterocycles. The maximum absolute atomic E-state index is 13.8. The van der Waals surface area contributed by atoms with Crippen molar-refractivity contribution in [3.63, 3.8) is 0 Å². The Morgan fingerprint density at radius 3 is 2.53 bits per heavy atom. The number of ether oxygens (including phenoxy) is 1. The average molecular weight is 450 g/mol. The van der Waals surface area contributed by atoms with Crippen LogP contribution in [-0.4, -0.2) is 70.2 Å². The van der Waals surface area contributed by atoms with Gasteiger partial charge in [-0.3, -0.25) is 14.4 Å². The fourth-order valence-electron chi connectivity index (χ4n) is 6.76. The largest absolute Gasteiger partial charge is 0.394 e. The molecule has 4 aliphatic rings. The van der Waals surface area contributed by atoms with Crippen LogP contribution in [-0.2, 0) is 19.1 Å². The van der Waals surface area contributed by atoms with Crippen LogP contribution in [0.25, 0.3) is 0 Å². The fourth-order valence-corrected chi connectivity index (χ4v) is 6.76. The van der Waals surface area contributed by atoms with Gasteiger partial charge < -0.3 is 25.4 Å². The summed E-state index contributed by atoms with van der Waals surface area (Å²) in [4.78, 5) is 42.3. The van der Waals surface area contributed by atoms with Gasteiger partial charge in [0.2, 0.25) is 17.7 Å². The van der Waals surface area contributed by atoms with Crippen LogP contribution in [0.5, 0.6) is 0 Å². The van der Waals surface area contributed by atoms with Gasteiger partial charge in [0, 0.05) is 12.6 Å². The van der Waals surface area contributed by atoms with E-state index in [1.165, 1.54) is 6.42 Å². The first-order valence-electron chi connectivity index (χ1n) is 12.5. The van der Waals surface area contributed by atoms with Crippen LogP contribution < -0.4 is 10.6 Å². The van der Waals surface area contributed by atoms with E-state index in [9.17, 15) is 19.5 Å². The van der Waals surface area contributed by atoms with Crippen LogP contribution in [0.3, 0.4) is 0 Å². The van der Waals surface area contributed by atoms with Crippen LogP contribution in [0.2, 0.25) is 0 Å². The van der Waals surface area contributed by atoms with Crippen LogP contribution in [0, 0.1) is 11.8 Å². The Hall–Kier alpha value is -1.67. The van der Waals surface area contributed by atoms with E-state index in [0.29, 0.717) is 25.8 Å². The number of rotatable bonds is 8. The SMILES string of the molecule is CCCNC(=O)[C@H]1[C@H]2C(=O)N([C@@H](CC)CO)C(C(=O)NC3CCCCC3)C23CC[C@]1(C)O3. The van der Waals surface area contributed by atoms with E-state index in [4.69, 9.17) is 4.74 Å². The molecule has 6 atom stereocenters. The highest BCUT2D eigenvalue weighted by atomic mass is 16.5. The van der Waals surface area contributed by atoms with Crippen molar-refractivity contribution >= 4 is 17.7 Å². The molecule has 3 amide bonds. The lowest BCUT2D eigenvalue weighted by molar-refractivity contribution is -0.150. The molecule has 2 bridgehead atoms. The molecule has 0 radical (unpaired) electrons.